The van der Waals surface area contributed by atoms with Crippen LogP contribution in [0.15, 0.2) is 41.8 Å². The summed E-state index contributed by atoms with van der Waals surface area (Å²) >= 11 is 1.68. The molecule has 2 N–H and O–H groups in total. The van der Waals surface area contributed by atoms with E-state index in [2.05, 4.69) is 10.6 Å². The minimum Gasteiger partial charge on any atom is -0.338 e. The van der Waals surface area contributed by atoms with Gasteiger partial charge in [0.15, 0.2) is 5.78 Å². The highest BCUT2D eigenvalue weighted by Crippen LogP contribution is 2.10. The van der Waals surface area contributed by atoms with E-state index >= 15 is 0 Å². The molecule has 0 unspecified atom stereocenters. The molecule has 0 aliphatic heterocycles. The number of nitrogens with one attached hydrogen (secondary N) is 2. The fourth-order valence-corrected chi connectivity index (χ4v) is 2.43. The molecule has 0 aliphatic carbocycles. The Morgan fingerprint density at radius 1 is 1.15 bits per heavy atom. The van der Waals surface area contributed by atoms with Crippen molar-refractivity contribution in [1.82, 2.24) is 5.32 Å². The van der Waals surface area contributed by atoms with Crippen molar-refractivity contribution in [2.24, 2.45) is 0 Å². The number of hydrogen-bond donors (Lipinski definition) is 2. The minimum atomic E-state index is -0.239. The van der Waals surface area contributed by atoms with Gasteiger partial charge in [-0.05, 0) is 49.1 Å². The van der Waals surface area contributed by atoms with E-state index in [1.807, 2.05) is 17.5 Å². The van der Waals surface area contributed by atoms with Crippen molar-refractivity contribution in [1.29, 1.82) is 0 Å². The largest absolute Gasteiger partial charge is 0.338 e. The molecule has 1 heterocycles. The van der Waals surface area contributed by atoms with E-state index in [4.69, 9.17) is 0 Å². The van der Waals surface area contributed by atoms with Gasteiger partial charge in [-0.15, -0.1) is 11.3 Å². The summed E-state index contributed by atoms with van der Waals surface area (Å²) in [7, 11) is 0. The van der Waals surface area contributed by atoms with Gasteiger partial charge >= 0.3 is 6.03 Å². The molecule has 104 valence electrons. The first-order valence-electron chi connectivity index (χ1n) is 6.33. The molecular weight excluding hydrogens is 272 g/mol. The van der Waals surface area contributed by atoms with Crippen LogP contribution in [0.25, 0.3) is 0 Å². The van der Waals surface area contributed by atoms with Gasteiger partial charge in [-0.2, -0.15) is 0 Å². The summed E-state index contributed by atoms with van der Waals surface area (Å²) in [5.74, 6) is 0.0111. The summed E-state index contributed by atoms with van der Waals surface area (Å²) < 4.78 is 0. The van der Waals surface area contributed by atoms with Crippen LogP contribution < -0.4 is 10.6 Å². The minimum absolute atomic E-state index is 0.0111. The number of hydrogen-bond acceptors (Lipinski definition) is 3. The lowest BCUT2D eigenvalue weighted by molar-refractivity contribution is 0.101. The number of urea groups is 1. The van der Waals surface area contributed by atoms with Gasteiger partial charge < -0.3 is 10.6 Å². The average Bonchev–Trinajstić information content (AvgIpc) is 2.92. The molecule has 20 heavy (non-hydrogen) atoms. The van der Waals surface area contributed by atoms with Gasteiger partial charge in [0.05, 0.1) is 0 Å². The number of Topliss-reactive ketones (excluding diaryl/α,β-unsaturated/α-hetero) is 1. The molecule has 1 aromatic heterocycles. The zero-order chi connectivity index (χ0) is 14.4. The molecule has 0 fully saturated rings. The van der Waals surface area contributed by atoms with Gasteiger partial charge in [0.2, 0.25) is 0 Å². The van der Waals surface area contributed by atoms with Crippen molar-refractivity contribution in [3.8, 4) is 0 Å². The van der Waals surface area contributed by atoms with E-state index < -0.39 is 0 Å². The Morgan fingerprint density at radius 3 is 2.50 bits per heavy atom. The van der Waals surface area contributed by atoms with Crippen LogP contribution in [-0.2, 0) is 6.42 Å². The van der Waals surface area contributed by atoms with Crippen LogP contribution in [0.5, 0.6) is 0 Å². The maximum absolute atomic E-state index is 11.7. The van der Waals surface area contributed by atoms with Crippen molar-refractivity contribution >= 4 is 28.8 Å². The van der Waals surface area contributed by atoms with Crippen LogP contribution in [-0.4, -0.2) is 18.4 Å². The van der Waals surface area contributed by atoms with Crippen molar-refractivity contribution in [2.45, 2.75) is 13.3 Å². The first-order valence-corrected chi connectivity index (χ1v) is 7.21. The zero-order valence-corrected chi connectivity index (χ0v) is 12.0. The second-order valence-corrected chi connectivity index (χ2v) is 5.38. The lowest BCUT2D eigenvalue weighted by Crippen LogP contribution is -2.30. The van der Waals surface area contributed by atoms with Crippen LogP contribution in [0, 0.1) is 0 Å². The summed E-state index contributed by atoms with van der Waals surface area (Å²) in [6.45, 7) is 2.11. The molecule has 0 saturated carbocycles. The van der Waals surface area contributed by atoms with E-state index in [0.717, 1.165) is 6.42 Å². The lowest BCUT2D eigenvalue weighted by atomic mass is 10.1. The number of thiophene rings is 1. The number of carbonyl (C=O) groups excluding carboxylic acids is 2. The molecule has 0 bridgehead atoms. The second kappa shape index (κ2) is 6.86. The predicted octanol–water partition coefficient (Wildman–Crippen LogP) is 3.31. The highest BCUT2D eigenvalue weighted by Gasteiger charge is 2.03. The second-order valence-electron chi connectivity index (χ2n) is 4.34. The van der Waals surface area contributed by atoms with E-state index in [0.29, 0.717) is 17.8 Å². The molecule has 2 aromatic rings. The third kappa shape index (κ3) is 4.20. The molecular formula is C15H16N2O2S. The van der Waals surface area contributed by atoms with E-state index in [1.165, 1.54) is 11.8 Å². The van der Waals surface area contributed by atoms with Crippen LogP contribution >= 0.6 is 11.3 Å². The number of rotatable bonds is 5. The summed E-state index contributed by atoms with van der Waals surface area (Å²) in [6.07, 6.45) is 0.828. The van der Waals surface area contributed by atoms with Crippen molar-refractivity contribution < 1.29 is 9.59 Å². The maximum Gasteiger partial charge on any atom is 0.319 e. The van der Waals surface area contributed by atoms with Gasteiger partial charge in [-0.1, -0.05) is 6.07 Å². The quantitative estimate of drug-likeness (QED) is 0.829. The van der Waals surface area contributed by atoms with Gasteiger partial charge in [0.1, 0.15) is 0 Å². The smallest absolute Gasteiger partial charge is 0.319 e. The molecule has 0 spiro atoms. The fourth-order valence-electron chi connectivity index (χ4n) is 1.72. The third-order valence-electron chi connectivity index (χ3n) is 2.79. The van der Waals surface area contributed by atoms with E-state index in [-0.39, 0.29) is 11.8 Å². The van der Waals surface area contributed by atoms with E-state index in [1.54, 1.807) is 35.6 Å². The molecule has 2 amide bonds. The normalized spacial score (nSPS) is 10.1. The molecule has 0 radical (unpaired) electrons. The Balaban J connectivity index is 1.77. The van der Waals surface area contributed by atoms with Crippen LogP contribution in [0.4, 0.5) is 10.5 Å². The zero-order valence-electron chi connectivity index (χ0n) is 11.2. The molecule has 0 saturated heterocycles. The maximum atomic E-state index is 11.7. The van der Waals surface area contributed by atoms with E-state index in [9.17, 15) is 9.59 Å². The highest BCUT2D eigenvalue weighted by molar-refractivity contribution is 7.09. The topological polar surface area (TPSA) is 58.2 Å². The number of carbonyl (C=O) groups is 2. The number of benzene rings is 1. The lowest BCUT2D eigenvalue weighted by Gasteiger charge is -2.07. The number of anilines is 1. The summed E-state index contributed by atoms with van der Waals surface area (Å²) in [5.41, 5.74) is 1.30. The Kier molecular flexibility index (Phi) is 4.90. The third-order valence-corrected chi connectivity index (χ3v) is 3.72. The SMILES string of the molecule is CC(=O)c1ccc(NC(=O)NCCc2cccs2)cc1. The van der Waals surface area contributed by atoms with Gasteiger partial charge in [-0.3, -0.25) is 4.79 Å². The highest BCUT2D eigenvalue weighted by atomic mass is 32.1. The first-order chi connectivity index (χ1) is 9.65. The number of amides is 2. The van der Waals surface area contributed by atoms with Crippen molar-refractivity contribution in [2.75, 3.05) is 11.9 Å². The fraction of sp³-hybridized carbons (Fsp3) is 0.200. The average molecular weight is 288 g/mol. The molecule has 0 aliphatic rings. The van der Waals surface area contributed by atoms with Crippen LogP contribution in [0.3, 0.4) is 0 Å². The van der Waals surface area contributed by atoms with Crippen LogP contribution in [0.1, 0.15) is 22.2 Å². The van der Waals surface area contributed by atoms with Crippen molar-refractivity contribution in [3.63, 3.8) is 0 Å². The van der Waals surface area contributed by atoms with Crippen LogP contribution in [0.2, 0.25) is 0 Å². The van der Waals surface area contributed by atoms with Crippen molar-refractivity contribution in [3.05, 3.63) is 52.2 Å². The molecule has 0 atom stereocenters. The Labute approximate surface area is 121 Å². The molecule has 5 heteroatoms. The summed E-state index contributed by atoms with van der Waals surface area (Å²) in [4.78, 5) is 24.1. The first kappa shape index (κ1) is 14.3. The van der Waals surface area contributed by atoms with Gasteiger partial charge in [0, 0.05) is 22.7 Å². The Hall–Kier alpha value is -2.14. The molecule has 4 nitrogen and oxygen atoms in total. The summed E-state index contributed by atoms with van der Waals surface area (Å²) in [6, 6.07) is 10.6. The van der Waals surface area contributed by atoms with Gasteiger partial charge in [-0.25, -0.2) is 4.79 Å². The molecule has 2 rings (SSSR count). The Morgan fingerprint density at radius 2 is 1.90 bits per heavy atom. The standard InChI is InChI=1S/C15H16N2O2S/c1-11(18)12-4-6-13(7-5-12)17-15(19)16-9-8-14-3-2-10-20-14/h2-7,10H,8-9H2,1H3,(H2,16,17,19). The Bertz CT molecular complexity index is 576. The monoisotopic (exact) mass is 288 g/mol. The number of ketones is 1. The summed E-state index contributed by atoms with van der Waals surface area (Å²) in [5, 5.41) is 7.55. The molecule has 1 aromatic carbocycles. The van der Waals surface area contributed by atoms with Gasteiger partial charge in [0.25, 0.3) is 0 Å². The predicted molar refractivity (Wildman–Crippen MR) is 81.5 cm³/mol.